The fourth-order valence-electron chi connectivity index (χ4n) is 2.46. The van der Waals surface area contributed by atoms with Crippen molar-refractivity contribution in [2.45, 2.75) is 6.54 Å². The van der Waals surface area contributed by atoms with Crippen molar-refractivity contribution in [2.24, 2.45) is 0 Å². The molecule has 0 aliphatic carbocycles. The van der Waals surface area contributed by atoms with Crippen molar-refractivity contribution in [2.75, 3.05) is 40.3 Å². The van der Waals surface area contributed by atoms with Crippen molar-refractivity contribution in [3.8, 4) is 0 Å². The molecule has 2 rings (SSSR count). The van der Waals surface area contributed by atoms with E-state index in [2.05, 4.69) is 10.6 Å². The zero-order valence-electron chi connectivity index (χ0n) is 13.5. The van der Waals surface area contributed by atoms with Crippen LogP contribution in [0.25, 0.3) is 0 Å². The van der Waals surface area contributed by atoms with Gasteiger partial charge in [-0.15, -0.1) is 0 Å². The minimum Gasteiger partial charge on any atom is -0.355 e. The van der Waals surface area contributed by atoms with E-state index in [1.165, 1.54) is 0 Å². The minimum absolute atomic E-state index is 0.0515. The molecule has 0 bridgehead atoms. The van der Waals surface area contributed by atoms with Gasteiger partial charge in [0.2, 0.25) is 11.8 Å². The first-order chi connectivity index (χ1) is 11.0. The van der Waals surface area contributed by atoms with Crippen LogP contribution in [0.4, 0.5) is 0 Å². The van der Waals surface area contributed by atoms with Gasteiger partial charge >= 0.3 is 0 Å². The van der Waals surface area contributed by atoms with Gasteiger partial charge in [0.1, 0.15) is 0 Å². The van der Waals surface area contributed by atoms with Crippen LogP contribution in [0.15, 0.2) is 24.3 Å². The molecule has 0 spiro atoms. The Morgan fingerprint density at radius 3 is 2.61 bits per heavy atom. The fourth-order valence-corrected chi connectivity index (χ4v) is 2.46. The summed E-state index contributed by atoms with van der Waals surface area (Å²) in [6.07, 6.45) is 0. The van der Waals surface area contributed by atoms with Gasteiger partial charge in [0.25, 0.3) is 5.91 Å². The summed E-state index contributed by atoms with van der Waals surface area (Å²) >= 11 is 0. The zero-order valence-corrected chi connectivity index (χ0v) is 13.5. The van der Waals surface area contributed by atoms with E-state index in [1.54, 1.807) is 24.1 Å². The van der Waals surface area contributed by atoms with Crippen LogP contribution in [0.2, 0.25) is 0 Å². The van der Waals surface area contributed by atoms with Gasteiger partial charge in [-0.3, -0.25) is 19.3 Å². The molecule has 0 radical (unpaired) electrons. The van der Waals surface area contributed by atoms with E-state index in [1.807, 2.05) is 24.1 Å². The Morgan fingerprint density at radius 1 is 1.30 bits per heavy atom. The molecule has 1 fully saturated rings. The van der Waals surface area contributed by atoms with E-state index in [0.717, 1.165) is 5.56 Å². The highest BCUT2D eigenvalue weighted by Gasteiger charge is 2.21. The van der Waals surface area contributed by atoms with Crippen LogP contribution >= 0.6 is 0 Å². The van der Waals surface area contributed by atoms with Crippen LogP contribution in [-0.2, 0) is 16.1 Å². The van der Waals surface area contributed by atoms with Crippen LogP contribution in [0.5, 0.6) is 0 Å². The molecular formula is C16H22N4O3. The monoisotopic (exact) mass is 318 g/mol. The topological polar surface area (TPSA) is 81.8 Å². The predicted molar refractivity (Wildman–Crippen MR) is 85.8 cm³/mol. The molecule has 1 aromatic rings. The lowest BCUT2D eigenvalue weighted by Gasteiger charge is -2.28. The molecule has 1 aliphatic rings. The molecule has 7 nitrogen and oxygen atoms in total. The first kappa shape index (κ1) is 17.0. The van der Waals surface area contributed by atoms with E-state index in [9.17, 15) is 14.4 Å². The molecule has 0 aromatic heterocycles. The number of nitrogens with one attached hydrogen (secondary N) is 2. The Bertz CT molecular complexity index is 585. The van der Waals surface area contributed by atoms with Crippen LogP contribution in [0.1, 0.15) is 15.9 Å². The van der Waals surface area contributed by atoms with Crippen molar-refractivity contribution in [3.63, 3.8) is 0 Å². The standard InChI is InChI=1S/C16H22N4O3/c1-17-16(23)13-5-3-12(4-6-13)9-19(2)11-15(22)20-8-7-18-14(21)10-20/h3-6H,7-11H2,1-2H3,(H,17,23)(H,18,21). The molecule has 1 heterocycles. The number of likely N-dealkylation sites (N-methyl/N-ethyl adjacent to an activating group) is 1. The van der Waals surface area contributed by atoms with E-state index in [4.69, 9.17) is 0 Å². The summed E-state index contributed by atoms with van der Waals surface area (Å²) in [6, 6.07) is 7.28. The molecular weight excluding hydrogens is 296 g/mol. The second kappa shape index (κ2) is 7.73. The normalized spacial score (nSPS) is 14.6. The van der Waals surface area contributed by atoms with Crippen molar-refractivity contribution >= 4 is 17.7 Å². The molecule has 0 atom stereocenters. The number of carbonyl (C=O) groups is 3. The average Bonchev–Trinajstić information content (AvgIpc) is 2.54. The molecule has 1 aliphatic heterocycles. The molecule has 124 valence electrons. The van der Waals surface area contributed by atoms with Gasteiger partial charge in [-0.05, 0) is 24.7 Å². The SMILES string of the molecule is CNC(=O)c1ccc(CN(C)CC(=O)N2CCNC(=O)C2)cc1. The molecule has 1 aromatic carbocycles. The summed E-state index contributed by atoms with van der Waals surface area (Å²) in [5.41, 5.74) is 1.62. The van der Waals surface area contributed by atoms with Crippen molar-refractivity contribution in [1.29, 1.82) is 0 Å². The molecule has 1 saturated heterocycles. The Labute approximate surface area is 135 Å². The maximum Gasteiger partial charge on any atom is 0.251 e. The number of amides is 3. The number of carbonyl (C=O) groups excluding carboxylic acids is 3. The van der Waals surface area contributed by atoms with E-state index < -0.39 is 0 Å². The second-order valence-electron chi connectivity index (χ2n) is 5.61. The third kappa shape index (κ3) is 4.79. The van der Waals surface area contributed by atoms with Gasteiger partial charge < -0.3 is 15.5 Å². The van der Waals surface area contributed by atoms with E-state index >= 15 is 0 Å². The Hall–Kier alpha value is -2.41. The molecule has 0 saturated carbocycles. The highest BCUT2D eigenvalue weighted by Crippen LogP contribution is 2.07. The van der Waals surface area contributed by atoms with Crippen molar-refractivity contribution in [1.82, 2.24) is 20.4 Å². The van der Waals surface area contributed by atoms with Crippen molar-refractivity contribution in [3.05, 3.63) is 35.4 Å². The van der Waals surface area contributed by atoms with Gasteiger partial charge in [-0.2, -0.15) is 0 Å². The van der Waals surface area contributed by atoms with Crippen LogP contribution in [-0.4, -0.2) is 67.8 Å². The lowest BCUT2D eigenvalue weighted by Crippen LogP contribution is -2.52. The van der Waals surface area contributed by atoms with E-state index in [0.29, 0.717) is 25.2 Å². The first-order valence-electron chi connectivity index (χ1n) is 7.53. The van der Waals surface area contributed by atoms with Crippen LogP contribution < -0.4 is 10.6 Å². The number of hydrogen-bond donors (Lipinski definition) is 2. The number of benzene rings is 1. The number of rotatable bonds is 5. The third-order valence-electron chi connectivity index (χ3n) is 3.69. The van der Waals surface area contributed by atoms with Gasteiger partial charge in [-0.25, -0.2) is 0 Å². The van der Waals surface area contributed by atoms with Crippen molar-refractivity contribution < 1.29 is 14.4 Å². The maximum absolute atomic E-state index is 12.2. The summed E-state index contributed by atoms with van der Waals surface area (Å²) in [5.74, 6) is -0.287. The van der Waals surface area contributed by atoms with Gasteiger partial charge in [-0.1, -0.05) is 12.1 Å². The van der Waals surface area contributed by atoms with Gasteiger partial charge in [0.05, 0.1) is 13.1 Å². The van der Waals surface area contributed by atoms with E-state index in [-0.39, 0.29) is 30.8 Å². The zero-order chi connectivity index (χ0) is 16.8. The van der Waals surface area contributed by atoms with Crippen LogP contribution in [0.3, 0.4) is 0 Å². The first-order valence-corrected chi connectivity index (χ1v) is 7.53. The minimum atomic E-state index is -0.122. The summed E-state index contributed by atoms with van der Waals surface area (Å²) in [5, 5.41) is 5.28. The highest BCUT2D eigenvalue weighted by molar-refractivity contribution is 5.93. The summed E-state index contributed by atoms with van der Waals surface area (Å²) in [6.45, 7) is 2.05. The fraction of sp³-hybridized carbons (Fsp3) is 0.438. The van der Waals surface area contributed by atoms with Gasteiger partial charge in [0.15, 0.2) is 0 Å². The smallest absolute Gasteiger partial charge is 0.251 e. The van der Waals surface area contributed by atoms with Crippen LogP contribution in [0, 0.1) is 0 Å². The average molecular weight is 318 g/mol. The third-order valence-corrected chi connectivity index (χ3v) is 3.69. The number of piperazine rings is 1. The Morgan fingerprint density at radius 2 is 2.00 bits per heavy atom. The maximum atomic E-state index is 12.2. The second-order valence-corrected chi connectivity index (χ2v) is 5.61. The lowest BCUT2D eigenvalue weighted by molar-refractivity contribution is -0.138. The number of hydrogen-bond acceptors (Lipinski definition) is 4. The molecule has 23 heavy (non-hydrogen) atoms. The highest BCUT2D eigenvalue weighted by atomic mass is 16.2. The predicted octanol–water partition coefficient (Wildman–Crippen LogP) is -0.564. The molecule has 2 N–H and O–H groups in total. The Kier molecular flexibility index (Phi) is 5.70. The molecule has 0 unspecified atom stereocenters. The summed E-state index contributed by atoms with van der Waals surface area (Å²) < 4.78 is 0. The lowest BCUT2D eigenvalue weighted by atomic mass is 10.1. The number of nitrogens with zero attached hydrogens (tertiary/aromatic N) is 2. The largest absolute Gasteiger partial charge is 0.355 e. The quantitative estimate of drug-likeness (QED) is 0.762. The van der Waals surface area contributed by atoms with Gasteiger partial charge in [0, 0.05) is 32.2 Å². The molecule has 3 amide bonds. The molecule has 7 heteroatoms. The summed E-state index contributed by atoms with van der Waals surface area (Å²) in [4.78, 5) is 38.4. The summed E-state index contributed by atoms with van der Waals surface area (Å²) in [7, 11) is 3.45. The Balaban J connectivity index is 1.86.